The van der Waals surface area contributed by atoms with Crippen LogP contribution in [0.2, 0.25) is 0 Å². The van der Waals surface area contributed by atoms with Crippen LogP contribution in [0.5, 0.6) is 0 Å². The van der Waals surface area contributed by atoms with Gasteiger partial charge in [-0.3, -0.25) is 0 Å². The summed E-state index contributed by atoms with van der Waals surface area (Å²) in [7, 11) is 0. The molecule has 0 bridgehead atoms. The smallest absolute Gasteiger partial charge is 0.248 e. The van der Waals surface area contributed by atoms with E-state index in [1.165, 1.54) is 0 Å². The molecule has 0 aromatic rings. The third-order valence-electron chi connectivity index (χ3n) is 10.7. The molecule has 0 rings (SSSR count). The number of rotatable bonds is 32. The summed E-state index contributed by atoms with van der Waals surface area (Å²) in [6.07, 6.45) is -71.7. The molecule has 0 aliphatic rings. The Kier molecular flexibility index (Phi) is 24.0. The molecular formula is C36H52BF24-. The van der Waals surface area contributed by atoms with Gasteiger partial charge in [-0.2, -0.15) is 52.7 Å². The van der Waals surface area contributed by atoms with Crippen molar-refractivity contribution in [2.75, 3.05) is 0 Å². The van der Waals surface area contributed by atoms with Crippen molar-refractivity contribution in [1.82, 2.24) is 0 Å². The molecule has 4 unspecified atom stereocenters. The van der Waals surface area contributed by atoms with Crippen molar-refractivity contribution in [2.45, 2.75) is 227 Å². The summed E-state index contributed by atoms with van der Waals surface area (Å²) in [5, 5.41) is 0. The first-order valence-electron chi connectivity index (χ1n) is 20.0. The first-order valence-corrected chi connectivity index (χ1v) is 20.0. The molecule has 0 nitrogen and oxygen atoms in total. The van der Waals surface area contributed by atoms with Crippen molar-refractivity contribution in [3.8, 4) is 0 Å². The molecule has 0 fully saturated rings. The molecule has 25 heteroatoms. The highest BCUT2D eigenvalue weighted by Crippen LogP contribution is 2.62. The summed E-state index contributed by atoms with van der Waals surface area (Å²) in [6.45, 7) is 0. The summed E-state index contributed by atoms with van der Waals surface area (Å²) >= 11 is 0. The molecule has 368 valence electrons. The Labute approximate surface area is 338 Å². The summed E-state index contributed by atoms with van der Waals surface area (Å²) in [6, 6.07) is 0. The van der Waals surface area contributed by atoms with Gasteiger partial charge in [-0.1, -0.05) is 77.0 Å². The maximum atomic E-state index is 16.5. The molecule has 4 atom stereocenters. The van der Waals surface area contributed by atoms with Gasteiger partial charge < -0.3 is 0 Å². The third-order valence-corrected chi connectivity index (χ3v) is 10.7. The van der Waals surface area contributed by atoms with E-state index in [4.69, 9.17) is 0 Å². The fourth-order valence-corrected chi connectivity index (χ4v) is 7.40. The van der Waals surface area contributed by atoms with E-state index in [1.54, 1.807) is 0 Å². The number of hydrogen-bond acceptors (Lipinski definition) is 0. The lowest BCUT2D eigenvalue weighted by molar-refractivity contribution is -0.148. The van der Waals surface area contributed by atoms with Gasteiger partial charge in [0, 0.05) is 25.7 Å². The van der Waals surface area contributed by atoms with Crippen LogP contribution in [0.4, 0.5) is 105 Å². The molecular weight excluding hydrogens is 899 g/mol. The minimum atomic E-state index is -8.43. The van der Waals surface area contributed by atoms with E-state index >= 15 is 52.7 Å². The minimum Gasteiger partial charge on any atom is -0.248 e. The van der Waals surface area contributed by atoms with E-state index in [-0.39, 0.29) is 0 Å². The number of halogens is 24. The summed E-state index contributed by atoms with van der Waals surface area (Å²) < 4.78 is 344. The van der Waals surface area contributed by atoms with Gasteiger partial charge in [-0.25, -0.2) is 52.7 Å². The van der Waals surface area contributed by atoms with Crippen LogP contribution in [0, 0.1) is 0 Å². The normalized spacial score (nSPS) is 17.3. The molecule has 0 aromatic carbocycles. The van der Waals surface area contributed by atoms with Crippen molar-refractivity contribution in [3.05, 3.63) is 0 Å². The van der Waals surface area contributed by atoms with E-state index in [0.29, 0.717) is 0 Å². The zero-order chi connectivity index (χ0) is 47.8. The van der Waals surface area contributed by atoms with Crippen molar-refractivity contribution in [2.24, 2.45) is 0 Å². The Morgan fingerprint density at radius 3 is 0.525 bits per heavy atom. The number of unbranched alkanes of at least 4 members (excludes halogenated alkanes) is 12. The van der Waals surface area contributed by atoms with Crippen molar-refractivity contribution in [3.63, 3.8) is 0 Å². The Hall–Kier alpha value is -1.62. The van der Waals surface area contributed by atoms with Gasteiger partial charge in [-0.15, -0.1) is 0 Å². The Balaban J connectivity index is 7.23. The quantitative estimate of drug-likeness (QED) is 0.0358. The average Bonchev–Trinajstić information content (AvgIpc) is 3.08. The van der Waals surface area contributed by atoms with Gasteiger partial charge in [0.1, 0.15) is 24.7 Å². The molecule has 0 aliphatic heterocycles. The third kappa shape index (κ3) is 19.2. The maximum Gasteiger partial charge on any atom is 0.389 e. The highest BCUT2D eigenvalue weighted by atomic mass is 19.4. The van der Waals surface area contributed by atoms with Gasteiger partial charge in [0.25, 0.3) is 0 Å². The lowest BCUT2D eigenvalue weighted by Crippen LogP contribution is -2.89. The fraction of sp³-hybridized carbons (Fsp3) is 1.00. The molecule has 0 N–H and O–H groups in total. The van der Waals surface area contributed by atoms with Crippen LogP contribution >= 0.6 is 0 Å². The standard InChI is InChI=1S/C36H52BF24/c38-25(17-9-1-5-13-21-29(42,43)44)33(54,55)37(34(56,57)26(39)18-10-2-6-14-22-30(45,46)47,35(58,59)27(40)19-11-3-7-15-23-31(48,49)50)36(60,61)28(41)20-12-4-8-16-24-32(51,52)53/h25-28H,1-24H2/q-1. The lowest BCUT2D eigenvalue weighted by Gasteiger charge is -2.60. The van der Waals surface area contributed by atoms with E-state index in [1.807, 2.05) is 0 Å². The van der Waals surface area contributed by atoms with Crippen LogP contribution in [0.3, 0.4) is 0 Å². The van der Waals surface area contributed by atoms with Gasteiger partial charge in [-0.05, 0) is 51.4 Å². The zero-order valence-corrected chi connectivity index (χ0v) is 32.9. The molecule has 61 heavy (non-hydrogen) atoms. The van der Waals surface area contributed by atoms with E-state index < -0.39 is 233 Å². The molecule has 0 aromatic heterocycles. The van der Waals surface area contributed by atoms with Crippen LogP contribution in [0.1, 0.15) is 154 Å². The van der Waals surface area contributed by atoms with Crippen LogP contribution in [0.15, 0.2) is 0 Å². The Morgan fingerprint density at radius 1 is 0.230 bits per heavy atom. The minimum absolute atomic E-state index is 0.545. The van der Waals surface area contributed by atoms with Gasteiger partial charge in [0.05, 0.1) is 0 Å². The van der Waals surface area contributed by atoms with Crippen LogP contribution in [-0.4, -0.2) is 78.8 Å². The predicted octanol–water partition coefficient (Wildman–Crippen LogP) is 17.1. The second-order valence-electron chi connectivity index (χ2n) is 15.7. The average molecular weight is 952 g/mol. The largest absolute Gasteiger partial charge is 0.389 e. The molecule has 0 aliphatic carbocycles. The van der Waals surface area contributed by atoms with E-state index in [9.17, 15) is 52.7 Å². The second-order valence-corrected chi connectivity index (χ2v) is 15.7. The topological polar surface area (TPSA) is 0 Å². The molecule has 0 saturated carbocycles. The van der Waals surface area contributed by atoms with Crippen LogP contribution in [0.25, 0.3) is 0 Å². The zero-order valence-electron chi connectivity index (χ0n) is 32.9. The Morgan fingerprint density at radius 2 is 0.377 bits per heavy atom. The predicted molar refractivity (Wildman–Crippen MR) is 180 cm³/mol. The van der Waals surface area contributed by atoms with Crippen LogP contribution < -0.4 is 0 Å². The van der Waals surface area contributed by atoms with E-state index in [0.717, 1.165) is 0 Å². The highest BCUT2D eigenvalue weighted by molar-refractivity contribution is 6.89. The van der Waals surface area contributed by atoms with Gasteiger partial charge in [0.15, 0.2) is 23.3 Å². The maximum absolute atomic E-state index is 16.5. The summed E-state index contributed by atoms with van der Waals surface area (Å²) in [5.74, 6) is -27.9. The Bertz CT molecular complexity index is 997. The van der Waals surface area contributed by atoms with Crippen molar-refractivity contribution < 1.29 is 105 Å². The monoisotopic (exact) mass is 951 g/mol. The SMILES string of the molecule is FC(CCCCCCC(F)(F)F)C(F)(F)[B-](C(F)(F)C(F)CCCCCCC(F)(F)F)(C(F)(F)C(F)CCCCCCC(F)(F)F)C(F)(F)C(F)CCCCCCC(F)(F)F. The molecule has 0 saturated heterocycles. The first-order chi connectivity index (χ1) is 27.5. The molecule has 0 spiro atoms. The first kappa shape index (κ1) is 59.4. The van der Waals surface area contributed by atoms with Gasteiger partial charge >= 0.3 is 30.9 Å². The van der Waals surface area contributed by atoms with Crippen molar-refractivity contribution >= 4 is 6.15 Å². The van der Waals surface area contributed by atoms with E-state index in [2.05, 4.69) is 0 Å². The lowest BCUT2D eigenvalue weighted by atomic mass is 9.09. The summed E-state index contributed by atoms with van der Waals surface area (Å²) in [5.41, 5.74) is 0. The number of hydrogen-bond donors (Lipinski definition) is 0. The van der Waals surface area contributed by atoms with Crippen molar-refractivity contribution in [1.29, 1.82) is 0 Å². The van der Waals surface area contributed by atoms with Crippen LogP contribution in [-0.2, 0) is 0 Å². The summed E-state index contributed by atoms with van der Waals surface area (Å²) in [4.78, 5) is 0. The molecule has 0 heterocycles. The fourth-order valence-electron chi connectivity index (χ4n) is 7.40. The second kappa shape index (κ2) is 24.6. The highest BCUT2D eigenvalue weighted by Gasteiger charge is 2.89. The van der Waals surface area contributed by atoms with Gasteiger partial charge in [0.2, 0.25) is 0 Å². The molecule has 0 amide bonds. The molecule has 0 radical (unpaired) electrons. The number of alkyl halides is 24.